The van der Waals surface area contributed by atoms with Crippen LogP contribution >= 0.6 is 0 Å². The Kier molecular flexibility index (Phi) is 15.4. The van der Waals surface area contributed by atoms with Crippen LogP contribution in [0.2, 0.25) is 0 Å². The second kappa shape index (κ2) is 15.7. The van der Waals surface area contributed by atoms with Crippen LogP contribution in [-0.2, 0) is 26.7 Å². The molecule has 0 amide bonds. The second-order valence-electron chi connectivity index (χ2n) is 7.54. The van der Waals surface area contributed by atoms with Crippen LogP contribution in [0.1, 0.15) is 103 Å². The summed E-state index contributed by atoms with van der Waals surface area (Å²) in [5.41, 5.74) is 0. The first-order valence-electron chi connectivity index (χ1n) is 9.97. The monoisotopic (exact) mass is 394 g/mol. The molecule has 0 radical (unpaired) electrons. The van der Waals surface area contributed by atoms with Crippen LogP contribution in [0, 0.1) is 11.8 Å². The van der Waals surface area contributed by atoms with Gasteiger partial charge in [0.25, 0.3) is 0 Å². The minimum Gasteiger partial charge on any atom is -0.550 e. The van der Waals surface area contributed by atoms with Crippen molar-refractivity contribution in [2.45, 2.75) is 103 Å². The zero-order chi connectivity index (χ0) is 17.6. The van der Waals surface area contributed by atoms with Crippen molar-refractivity contribution in [3.05, 3.63) is 0 Å². The molecule has 2 rings (SSSR count). The van der Waals surface area contributed by atoms with Gasteiger partial charge in [0.05, 0.1) is 0 Å². The van der Waals surface area contributed by atoms with Crippen LogP contribution in [0.25, 0.3) is 0 Å². The number of aliphatic carboxylic acids is 2. The van der Waals surface area contributed by atoms with Crippen molar-refractivity contribution < 1.29 is 36.9 Å². The maximum absolute atomic E-state index is 10.1. The molecule has 5 heteroatoms. The second-order valence-corrected chi connectivity index (χ2v) is 7.54. The van der Waals surface area contributed by atoms with E-state index in [-0.39, 0.29) is 29.9 Å². The normalized spacial score (nSPS) is 18.6. The predicted molar refractivity (Wildman–Crippen MR) is 90.9 cm³/mol. The van der Waals surface area contributed by atoms with Gasteiger partial charge in [-0.3, -0.25) is 0 Å². The van der Waals surface area contributed by atoms with Crippen molar-refractivity contribution >= 4 is 11.9 Å². The molecular formula is C20H34FeO4. The summed E-state index contributed by atoms with van der Waals surface area (Å²) in [4.78, 5) is 20.3. The van der Waals surface area contributed by atoms with Gasteiger partial charge in [-0.1, -0.05) is 77.0 Å². The van der Waals surface area contributed by atoms with Crippen LogP contribution in [0.4, 0.5) is 0 Å². The average molecular weight is 394 g/mol. The van der Waals surface area contributed by atoms with Crippen molar-refractivity contribution in [1.82, 2.24) is 0 Å². The number of carbonyl (C=O) groups is 2. The smallest absolute Gasteiger partial charge is 0.550 e. The van der Waals surface area contributed by atoms with E-state index in [2.05, 4.69) is 0 Å². The number of hydrogen-bond donors (Lipinski definition) is 0. The summed E-state index contributed by atoms with van der Waals surface area (Å²) in [6.07, 6.45) is 17.7. The molecule has 2 saturated carbocycles. The van der Waals surface area contributed by atoms with E-state index in [4.69, 9.17) is 0 Å². The van der Waals surface area contributed by atoms with Gasteiger partial charge in [0.2, 0.25) is 0 Å². The van der Waals surface area contributed by atoms with Crippen molar-refractivity contribution in [2.24, 2.45) is 11.8 Å². The van der Waals surface area contributed by atoms with Gasteiger partial charge < -0.3 is 19.8 Å². The molecule has 0 unspecified atom stereocenters. The molecule has 0 atom stereocenters. The van der Waals surface area contributed by atoms with Gasteiger partial charge in [0.15, 0.2) is 0 Å². The number of carboxylic acid groups (broad SMARTS) is 2. The number of hydrogen-bond acceptors (Lipinski definition) is 4. The van der Waals surface area contributed by atoms with E-state index in [1.54, 1.807) is 0 Å². The molecule has 0 N–H and O–H groups in total. The van der Waals surface area contributed by atoms with E-state index in [0.717, 1.165) is 37.5 Å². The average Bonchev–Trinajstić information content (AvgIpc) is 2.57. The van der Waals surface area contributed by atoms with Crippen molar-refractivity contribution in [1.29, 1.82) is 0 Å². The molecule has 0 aliphatic heterocycles. The van der Waals surface area contributed by atoms with Gasteiger partial charge in [0, 0.05) is 11.9 Å². The first-order valence-corrected chi connectivity index (χ1v) is 9.97. The summed E-state index contributed by atoms with van der Waals surface area (Å²) >= 11 is 0. The number of rotatable bonds is 8. The Bertz CT molecular complexity index is 314. The number of carboxylic acids is 2. The largest absolute Gasteiger partial charge is 2.00 e. The van der Waals surface area contributed by atoms with Gasteiger partial charge in [-0.05, 0) is 37.5 Å². The van der Waals surface area contributed by atoms with Crippen LogP contribution in [-0.4, -0.2) is 11.9 Å². The first-order chi connectivity index (χ1) is 11.6. The minimum absolute atomic E-state index is 0. The van der Waals surface area contributed by atoms with Gasteiger partial charge in [0.1, 0.15) is 0 Å². The van der Waals surface area contributed by atoms with Crippen molar-refractivity contribution in [3.8, 4) is 0 Å². The Hall–Kier alpha value is -0.541. The quantitative estimate of drug-likeness (QED) is 0.593. The molecule has 25 heavy (non-hydrogen) atoms. The summed E-state index contributed by atoms with van der Waals surface area (Å²) in [5, 5.41) is 20.3. The Labute approximate surface area is 163 Å². The van der Waals surface area contributed by atoms with Crippen molar-refractivity contribution in [3.63, 3.8) is 0 Å². The van der Waals surface area contributed by atoms with E-state index in [1.807, 2.05) is 0 Å². The fourth-order valence-electron chi connectivity index (χ4n) is 4.02. The maximum Gasteiger partial charge on any atom is 2.00 e. The van der Waals surface area contributed by atoms with Crippen molar-refractivity contribution in [2.75, 3.05) is 0 Å². The Balaban J connectivity index is 0.000000443. The number of carbonyl (C=O) groups excluding carboxylic acids is 2. The first kappa shape index (κ1) is 24.5. The fraction of sp³-hybridized carbons (Fsp3) is 0.900. The standard InChI is InChI=1S/2C10H18O2.Fe/c2*11-10(12)8-4-7-9-5-2-1-3-6-9;/h2*9H,1-8H2,(H,11,12);/q;;+2/p-2. The van der Waals surface area contributed by atoms with Crippen LogP contribution in [0.5, 0.6) is 0 Å². The third kappa shape index (κ3) is 14.3. The van der Waals surface area contributed by atoms with E-state index in [1.165, 1.54) is 64.2 Å². The molecule has 4 nitrogen and oxygen atoms in total. The van der Waals surface area contributed by atoms with E-state index in [9.17, 15) is 19.8 Å². The third-order valence-electron chi connectivity index (χ3n) is 5.44. The van der Waals surface area contributed by atoms with Gasteiger partial charge in [-0.2, -0.15) is 0 Å². The summed E-state index contributed by atoms with van der Waals surface area (Å²) in [7, 11) is 0. The Morgan fingerprint density at radius 3 is 1.24 bits per heavy atom. The zero-order valence-electron chi connectivity index (χ0n) is 15.5. The van der Waals surface area contributed by atoms with Crippen LogP contribution in [0.3, 0.4) is 0 Å². The molecule has 0 aromatic rings. The molecule has 0 aromatic heterocycles. The third-order valence-corrected chi connectivity index (χ3v) is 5.44. The SMILES string of the molecule is O=C([O-])CCCC1CCCCC1.O=C([O-])CCCC1CCCCC1.[Fe+2]. The summed E-state index contributed by atoms with van der Waals surface area (Å²) in [6.45, 7) is 0. The van der Waals surface area contributed by atoms with Gasteiger partial charge in [-0.15, -0.1) is 0 Å². The fourth-order valence-corrected chi connectivity index (χ4v) is 4.02. The molecule has 2 aliphatic carbocycles. The van der Waals surface area contributed by atoms with E-state index < -0.39 is 11.9 Å². The molecule has 2 aliphatic rings. The molecule has 0 saturated heterocycles. The topological polar surface area (TPSA) is 80.3 Å². The molecule has 0 heterocycles. The summed E-state index contributed by atoms with van der Waals surface area (Å²) < 4.78 is 0. The minimum atomic E-state index is -0.897. The molecule has 146 valence electrons. The van der Waals surface area contributed by atoms with Gasteiger partial charge >= 0.3 is 17.1 Å². The summed E-state index contributed by atoms with van der Waals surface area (Å²) in [6, 6.07) is 0. The Morgan fingerprint density at radius 1 is 0.640 bits per heavy atom. The molecule has 0 bridgehead atoms. The Morgan fingerprint density at radius 2 is 0.960 bits per heavy atom. The molecule has 0 aromatic carbocycles. The summed E-state index contributed by atoms with van der Waals surface area (Å²) in [5.74, 6) is -0.187. The zero-order valence-corrected chi connectivity index (χ0v) is 16.6. The maximum atomic E-state index is 10.1. The predicted octanol–water partition coefficient (Wildman–Crippen LogP) is 2.97. The van der Waals surface area contributed by atoms with Crippen LogP contribution < -0.4 is 10.2 Å². The van der Waals surface area contributed by atoms with Gasteiger partial charge in [-0.25, -0.2) is 0 Å². The van der Waals surface area contributed by atoms with E-state index in [0.29, 0.717) is 0 Å². The molecule has 0 spiro atoms. The molecular weight excluding hydrogens is 360 g/mol. The van der Waals surface area contributed by atoms with E-state index >= 15 is 0 Å². The van der Waals surface area contributed by atoms with Crippen LogP contribution in [0.15, 0.2) is 0 Å². The molecule has 2 fully saturated rings.